The first-order valence-electron chi connectivity index (χ1n) is 7.46. The molecular formula is C16H21FN4OS. The third-order valence-corrected chi connectivity index (χ3v) is 4.69. The zero-order valence-electron chi connectivity index (χ0n) is 13.7. The largest absolute Gasteiger partial charge is 0.353 e. The quantitative estimate of drug-likeness (QED) is 0.824. The van der Waals surface area contributed by atoms with Crippen LogP contribution in [-0.4, -0.2) is 32.5 Å². The summed E-state index contributed by atoms with van der Waals surface area (Å²) in [5, 5.41) is 11.6. The van der Waals surface area contributed by atoms with Crippen molar-refractivity contribution in [3.05, 3.63) is 30.1 Å². The smallest absolute Gasteiger partial charge is 0.230 e. The number of nitrogens with one attached hydrogen (secondary N) is 1. The summed E-state index contributed by atoms with van der Waals surface area (Å²) in [4.78, 5) is 11.9. The molecule has 0 fully saturated rings. The standard InChI is InChI=1S/C16H21FN4OS/c1-10(2)11(3)18-14(22)9-23-16-20-19-15(21(16)4)12-7-5-6-8-13(12)17/h5-8,10-11H,9H2,1-4H3,(H,18,22). The van der Waals surface area contributed by atoms with Crippen molar-refractivity contribution in [3.63, 3.8) is 0 Å². The molecule has 0 aliphatic carbocycles. The molecule has 2 rings (SSSR count). The number of nitrogens with zero attached hydrogens (tertiary/aromatic N) is 3. The van der Waals surface area contributed by atoms with Crippen molar-refractivity contribution in [2.45, 2.75) is 32.0 Å². The van der Waals surface area contributed by atoms with E-state index in [0.29, 0.717) is 22.5 Å². The number of aromatic nitrogens is 3. The van der Waals surface area contributed by atoms with Gasteiger partial charge < -0.3 is 9.88 Å². The lowest BCUT2D eigenvalue weighted by molar-refractivity contribution is -0.119. The minimum Gasteiger partial charge on any atom is -0.353 e. The van der Waals surface area contributed by atoms with Crippen molar-refractivity contribution in [2.75, 3.05) is 5.75 Å². The van der Waals surface area contributed by atoms with Gasteiger partial charge in [0.15, 0.2) is 11.0 Å². The first-order chi connectivity index (χ1) is 10.9. The van der Waals surface area contributed by atoms with Crippen LogP contribution in [0.5, 0.6) is 0 Å². The van der Waals surface area contributed by atoms with Crippen LogP contribution in [0.4, 0.5) is 4.39 Å². The molecule has 1 heterocycles. The van der Waals surface area contributed by atoms with Crippen LogP contribution in [-0.2, 0) is 11.8 Å². The average Bonchev–Trinajstić information content (AvgIpc) is 2.86. The fourth-order valence-corrected chi connectivity index (χ4v) is 2.63. The number of carbonyl (C=O) groups is 1. The van der Waals surface area contributed by atoms with Crippen LogP contribution in [0.25, 0.3) is 11.4 Å². The van der Waals surface area contributed by atoms with Gasteiger partial charge in [-0.15, -0.1) is 10.2 Å². The van der Waals surface area contributed by atoms with E-state index in [0.717, 1.165) is 0 Å². The van der Waals surface area contributed by atoms with Crippen molar-refractivity contribution < 1.29 is 9.18 Å². The van der Waals surface area contributed by atoms with E-state index in [1.807, 2.05) is 6.92 Å². The molecule has 5 nitrogen and oxygen atoms in total. The van der Waals surface area contributed by atoms with Gasteiger partial charge in [-0.1, -0.05) is 37.7 Å². The van der Waals surface area contributed by atoms with Crippen molar-refractivity contribution in [3.8, 4) is 11.4 Å². The number of hydrogen-bond donors (Lipinski definition) is 1. The Kier molecular flexibility index (Phi) is 5.76. The fourth-order valence-electron chi connectivity index (χ4n) is 1.91. The highest BCUT2D eigenvalue weighted by Crippen LogP contribution is 2.24. The number of thioether (sulfide) groups is 1. The number of carbonyl (C=O) groups excluding carboxylic acids is 1. The summed E-state index contributed by atoms with van der Waals surface area (Å²) in [7, 11) is 1.76. The molecule has 0 saturated heterocycles. The molecule has 0 aliphatic rings. The molecule has 0 aliphatic heterocycles. The lowest BCUT2D eigenvalue weighted by Gasteiger charge is -2.17. The molecule has 23 heavy (non-hydrogen) atoms. The maximum atomic E-state index is 13.8. The Hall–Kier alpha value is -1.89. The summed E-state index contributed by atoms with van der Waals surface area (Å²) in [6.45, 7) is 6.09. The van der Waals surface area contributed by atoms with E-state index in [1.165, 1.54) is 17.8 Å². The van der Waals surface area contributed by atoms with Gasteiger partial charge in [0, 0.05) is 13.1 Å². The first-order valence-corrected chi connectivity index (χ1v) is 8.45. The van der Waals surface area contributed by atoms with E-state index in [9.17, 15) is 9.18 Å². The molecule has 1 unspecified atom stereocenters. The van der Waals surface area contributed by atoms with Crippen LogP contribution in [0, 0.1) is 11.7 Å². The molecule has 1 atom stereocenters. The molecule has 1 amide bonds. The van der Waals surface area contributed by atoms with E-state index < -0.39 is 0 Å². The molecule has 0 bridgehead atoms. The molecule has 1 aromatic heterocycles. The SMILES string of the molecule is CC(C)C(C)NC(=O)CSc1nnc(-c2ccccc2F)n1C. The average molecular weight is 336 g/mol. The van der Waals surface area contributed by atoms with Gasteiger partial charge in [-0.2, -0.15) is 0 Å². The monoisotopic (exact) mass is 336 g/mol. The lowest BCUT2D eigenvalue weighted by atomic mass is 10.1. The molecule has 124 valence electrons. The van der Waals surface area contributed by atoms with Gasteiger partial charge >= 0.3 is 0 Å². The highest BCUT2D eigenvalue weighted by molar-refractivity contribution is 7.99. The van der Waals surface area contributed by atoms with Gasteiger partial charge in [0.25, 0.3) is 0 Å². The second kappa shape index (κ2) is 7.59. The van der Waals surface area contributed by atoms with Crippen molar-refractivity contribution in [1.29, 1.82) is 0 Å². The fraction of sp³-hybridized carbons (Fsp3) is 0.438. The van der Waals surface area contributed by atoms with Gasteiger partial charge in [-0.05, 0) is 25.0 Å². The van der Waals surface area contributed by atoms with E-state index in [2.05, 4.69) is 29.4 Å². The number of hydrogen-bond acceptors (Lipinski definition) is 4. The predicted molar refractivity (Wildman–Crippen MR) is 89.6 cm³/mol. The van der Waals surface area contributed by atoms with Gasteiger partial charge in [0.05, 0.1) is 11.3 Å². The number of benzene rings is 1. The number of halogens is 1. The Morgan fingerprint density at radius 3 is 2.65 bits per heavy atom. The molecule has 0 spiro atoms. The minimum absolute atomic E-state index is 0.0494. The maximum Gasteiger partial charge on any atom is 0.230 e. The summed E-state index contributed by atoms with van der Waals surface area (Å²) in [6.07, 6.45) is 0. The zero-order valence-corrected chi connectivity index (χ0v) is 14.5. The number of rotatable bonds is 6. The van der Waals surface area contributed by atoms with Gasteiger partial charge in [0.1, 0.15) is 5.82 Å². The summed E-state index contributed by atoms with van der Waals surface area (Å²) in [5.41, 5.74) is 0.396. The highest BCUT2D eigenvalue weighted by atomic mass is 32.2. The van der Waals surface area contributed by atoms with Gasteiger partial charge in [-0.25, -0.2) is 4.39 Å². The zero-order chi connectivity index (χ0) is 17.0. The lowest BCUT2D eigenvalue weighted by Crippen LogP contribution is -2.37. The third kappa shape index (κ3) is 4.31. The molecule has 2 aromatic rings. The second-order valence-corrected chi connectivity index (χ2v) is 6.68. The Morgan fingerprint density at radius 1 is 1.30 bits per heavy atom. The normalized spacial score (nSPS) is 12.4. The summed E-state index contributed by atoms with van der Waals surface area (Å²) >= 11 is 1.29. The number of amides is 1. The van der Waals surface area contributed by atoms with E-state index in [1.54, 1.807) is 29.8 Å². The molecule has 0 radical (unpaired) electrons. The van der Waals surface area contributed by atoms with Crippen LogP contribution in [0.1, 0.15) is 20.8 Å². The summed E-state index contributed by atoms with van der Waals surface area (Å²) < 4.78 is 15.5. The topological polar surface area (TPSA) is 59.8 Å². The van der Waals surface area contributed by atoms with Crippen LogP contribution in [0.15, 0.2) is 29.4 Å². The van der Waals surface area contributed by atoms with Crippen LogP contribution < -0.4 is 5.32 Å². The van der Waals surface area contributed by atoms with E-state index in [-0.39, 0.29) is 23.5 Å². The van der Waals surface area contributed by atoms with Crippen LogP contribution in [0.2, 0.25) is 0 Å². The third-order valence-electron chi connectivity index (χ3n) is 3.67. The summed E-state index contributed by atoms with van der Waals surface area (Å²) in [6, 6.07) is 6.55. The van der Waals surface area contributed by atoms with Crippen LogP contribution >= 0.6 is 11.8 Å². The Balaban J connectivity index is 2.03. The predicted octanol–water partition coefficient (Wildman–Crippen LogP) is 2.87. The minimum atomic E-state index is -0.344. The molecular weight excluding hydrogens is 315 g/mol. The Labute approximate surface area is 139 Å². The van der Waals surface area contributed by atoms with Gasteiger partial charge in [-0.3, -0.25) is 4.79 Å². The van der Waals surface area contributed by atoms with Crippen molar-refractivity contribution in [2.24, 2.45) is 13.0 Å². The Bertz CT molecular complexity index is 686. The first kappa shape index (κ1) is 17.5. The maximum absolute atomic E-state index is 13.8. The summed E-state index contributed by atoms with van der Waals surface area (Å²) in [5.74, 6) is 0.683. The van der Waals surface area contributed by atoms with E-state index in [4.69, 9.17) is 0 Å². The molecule has 1 N–H and O–H groups in total. The van der Waals surface area contributed by atoms with Gasteiger partial charge in [0.2, 0.25) is 5.91 Å². The van der Waals surface area contributed by atoms with Crippen molar-refractivity contribution in [1.82, 2.24) is 20.1 Å². The van der Waals surface area contributed by atoms with E-state index >= 15 is 0 Å². The second-order valence-electron chi connectivity index (χ2n) is 5.73. The molecule has 1 aromatic carbocycles. The molecule has 7 heteroatoms. The molecule has 0 saturated carbocycles. The highest BCUT2D eigenvalue weighted by Gasteiger charge is 2.16. The van der Waals surface area contributed by atoms with Crippen LogP contribution in [0.3, 0.4) is 0 Å². The van der Waals surface area contributed by atoms with Crippen molar-refractivity contribution >= 4 is 17.7 Å². The Morgan fingerprint density at radius 2 is 2.00 bits per heavy atom.